The number of rotatable bonds is 8. The molecule has 0 bridgehead atoms. The molecule has 0 saturated carbocycles. The molecule has 3 amide bonds. The number of hydrogen-bond acceptors (Lipinski definition) is 6. The van der Waals surface area contributed by atoms with Crippen LogP contribution in [0.3, 0.4) is 0 Å². The maximum Gasteiger partial charge on any atom is 0.355 e. The van der Waals surface area contributed by atoms with Gasteiger partial charge in [-0.15, -0.1) is 11.3 Å². The van der Waals surface area contributed by atoms with E-state index in [0.717, 1.165) is 11.3 Å². The van der Waals surface area contributed by atoms with Crippen molar-refractivity contribution in [1.82, 2.24) is 15.6 Å². The fourth-order valence-corrected chi connectivity index (χ4v) is 1.83. The molecule has 0 fully saturated rings. The minimum absolute atomic E-state index is 0.0490. The summed E-state index contributed by atoms with van der Waals surface area (Å²) in [6.45, 7) is 0.320. The Morgan fingerprint density at radius 1 is 1.40 bits per heavy atom. The third-order valence-electron chi connectivity index (χ3n) is 1.95. The number of nitrogens with zero attached hydrogens (tertiary/aromatic N) is 1. The van der Waals surface area contributed by atoms with E-state index in [1.165, 1.54) is 5.38 Å². The molecule has 1 aromatic heterocycles. The molecule has 9 nitrogen and oxygen atoms in total. The van der Waals surface area contributed by atoms with Crippen LogP contribution in [0.15, 0.2) is 5.38 Å². The first kappa shape index (κ1) is 15.9. The van der Waals surface area contributed by atoms with Gasteiger partial charge in [0.25, 0.3) is 0 Å². The van der Waals surface area contributed by atoms with Crippen molar-refractivity contribution < 1.29 is 24.2 Å². The Morgan fingerprint density at radius 2 is 2.15 bits per heavy atom. The quantitative estimate of drug-likeness (QED) is 0.460. The van der Waals surface area contributed by atoms with Crippen molar-refractivity contribution in [3.05, 3.63) is 16.1 Å². The van der Waals surface area contributed by atoms with Crippen LogP contribution in [0.4, 0.5) is 4.79 Å². The van der Waals surface area contributed by atoms with Gasteiger partial charge in [-0.2, -0.15) is 0 Å². The first-order valence-electron chi connectivity index (χ1n) is 5.54. The lowest BCUT2D eigenvalue weighted by Crippen LogP contribution is -2.37. The zero-order valence-corrected chi connectivity index (χ0v) is 11.2. The number of primary amides is 1. The fourth-order valence-electron chi connectivity index (χ4n) is 1.12. The number of nitrogens with one attached hydrogen (secondary N) is 2. The first-order chi connectivity index (χ1) is 9.49. The topological polar surface area (TPSA) is 144 Å². The van der Waals surface area contributed by atoms with Crippen LogP contribution in [-0.2, 0) is 16.1 Å². The Labute approximate surface area is 118 Å². The van der Waals surface area contributed by atoms with Gasteiger partial charge in [-0.05, 0) is 0 Å². The molecule has 0 aliphatic carbocycles. The summed E-state index contributed by atoms with van der Waals surface area (Å²) in [6, 6.07) is -0.445. The molecule has 1 rings (SSSR count). The molecule has 0 aliphatic rings. The zero-order valence-electron chi connectivity index (χ0n) is 10.4. The second-order valence-corrected chi connectivity index (χ2v) is 4.50. The molecule has 0 saturated heterocycles. The molecule has 20 heavy (non-hydrogen) atoms. The largest absolute Gasteiger partial charge is 0.476 e. The van der Waals surface area contributed by atoms with Gasteiger partial charge in [0.15, 0.2) is 5.69 Å². The van der Waals surface area contributed by atoms with Crippen molar-refractivity contribution in [3.63, 3.8) is 0 Å². The maximum atomic E-state index is 11.3. The maximum absolute atomic E-state index is 11.3. The predicted molar refractivity (Wildman–Crippen MR) is 69.3 cm³/mol. The fraction of sp³-hybridized carbons (Fsp3) is 0.400. The highest BCUT2D eigenvalue weighted by Gasteiger charge is 2.09. The molecule has 1 heterocycles. The normalized spacial score (nSPS) is 10.0. The number of urea groups is 1. The molecule has 0 unspecified atom stereocenters. The Kier molecular flexibility index (Phi) is 6.40. The number of nitrogens with two attached hydrogens (primary N) is 1. The molecule has 5 N–H and O–H groups in total. The molecule has 0 spiro atoms. The summed E-state index contributed by atoms with van der Waals surface area (Å²) < 4.78 is 4.85. The molecular formula is C10H14N4O5S. The van der Waals surface area contributed by atoms with Gasteiger partial charge in [-0.25, -0.2) is 14.6 Å². The number of carbonyl (C=O) groups excluding carboxylic acids is 2. The van der Waals surface area contributed by atoms with Crippen molar-refractivity contribution in [3.8, 4) is 0 Å². The number of carboxylic acid groups (broad SMARTS) is 1. The van der Waals surface area contributed by atoms with Gasteiger partial charge in [-0.3, -0.25) is 4.79 Å². The number of aromatic nitrogens is 1. The molecule has 0 atom stereocenters. The van der Waals surface area contributed by atoms with Crippen molar-refractivity contribution in [1.29, 1.82) is 0 Å². The van der Waals surface area contributed by atoms with E-state index < -0.39 is 17.9 Å². The van der Waals surface area contributed by atoms with Crippen LogP contribution in [0, 0.1) is 0 Å². The van der Waals surface area contributed by atoms with Crippen LogP contribution in [0.25, 0.3) is 0 Å². The Bertz CT molecular complexity index is 490. The Morgan fingerprint density at radius 3 is 2.75 bits per heavy atom. The monoisotopic (exact) mass is 302 g/mol. The molecule has 0 aliphatic heterocycles. The molecule has 0 aromatic carbocycles. The second kappa shape index (κ2) is 8.07. The number of ether oxygens (including phenoxy) is 1. The summed E-state index contributed by atoms with van der Waals surface area (Å²) in [7, 11) is 0. The first-order valence-corrected chi connectivity index (χ1v) is 6.42. The Hall–Kier alpha value is -2.20. The third kappa shape index (κ3) is 6.11. The second-order valence-electron chi connectivity index (χ2n) is 3.56. The molecule has 1 aromatic rings. The van der Waals surface area contributed by atoms with Gasteiger partial charge in [0.05, 0.1) is 13.2 Å². The van der Waals surface area contributed by atoms with E-state index in [1.807, 2.05) is 0 Å². The summed E-state index contributed by atoms with van der Waals surface area (Å²) in [5.74, 6) is -1.68. The van der Waals surface area contributed by atoms with Gasteiger partial charge < -0.3 is 26.2 Å². The van der Waals surface area contributed by atoms with E-state index in [2.05, 4.69) is 15.6 Å². The van der Waals surface area contributed by atoms with E-state index in [0.29, 0.717) is 5.01 Å². The summed E-state index contributed by atoms with van der Waals surface area (Å²) >= 11 is 1.14. The minimum atomic E-state index is -1.11. The number of carbonyl (C=O) groups is 3. The highest BCUT2D eigenvalue weighted by atomic mass is 32.1. The predicted octanol–water partition coefficient (Wildman–Crippen LogP) is -0.858. The Balaban J connectivity index is 2.16. The van der Waals surface area contributed by atoms with E-state index in [-0.39, 0.29) is 32.0 Å². The van der Waals surface area contributed by atoms with Crippen LogP contribution in [-0.4, -0.2) is 47.8 Å². The van der Waals surface area contributed by atoms with Crippen LogP contribution in [0.5, 0.6) is 0 Å². The van der Waals surface area contributed by atoms with Crippen molar-refractivity contribution in [2.24, 2.45) is 5.73 Å². The lowest BCUT2D eigenvalue weighted by atomic mass is 10.5. The van der Waals surface area contributed by atoms with Gasteiger partial charge in [0, 0.05) is 11.9 Å². The van der Waals surface area contributed by atoms with E-state index in [1.54, 1.807) is 0 Å². The standard InChI is InChI=1S/C10H14N4O5S/c11-7(15)4-19-2-1-12-10(18)13-3-8-14-6(5-20-8)9(16)17/h5H,1-4H2,(H2,11,15)(H,16,17)(H2,12,13,18). The molecule has 10 heteroatoms. The van der Waals surface area contributed by atoms with E-state index >= 15 is 0 Å². The summed E-state index contributed by atoms with van der Waals surface area (Å²) in [5, 5.41) is 15.6. The highest BCUT2D eigenvalue weighted by Crippen LogP contribution is 2.08. The molecule has 0 radical (unpaired) electrons. The summed E-state index contributed by atoms with van der Waals surface area (Å²) in [6.07, 6.45) is 0. The van der Waals surface area contributed by atoms with Crippen LogP contribution < -0.4 is 16.4 Å². The zero-order chi connectivity index (χ0) is 15.0. The van der Waals surface area contributed by atoms with Crippen molar-refractivity contribution in [2.75, 3.05) is 19.8 Å². The van der Waals surface area contributed by atoms with Crippen molar-refractivity contribution in [2.45, 2.75) is 6.54 Å². The van der Waals surface area contributed by atoms with Crippen LogP contribution >= 0.6 is 11.3 Å². The SMILES string of the molecule is NC(=O)COCCNC(=O)NCc1nc(C(=O)O)cs1. The number of aromatic carboxylic acids is 1. The lowest BCUT2D eigenvalue weighted by molar-refractivity contribution is -0.122. The average molecular weight is 302 g/mol. The van der Waals surface area contributed by atoms with Gasteiger partial charge >= 0.3 is 12.0 Å². The number of hydrogen-bond donors (Lipinski definition) is 4. The van der Waals surface area contributed by atoms with E-state index in [4.69, 9.17) is 15.6 Å². The summed E-state index contributed by atoms with van der Waals surface area (Å²) in [4.78, 5) is 36.1. The number of carboxylic acids is 1. The number of thiazole rings is 1. The average Bonchev–Trinajstić information content (AvgIpc) is 2.84. The van der Waals surface area contributed by atoms with Gasteiger partial charge in [0.1, 0.15) is 11.6 Å². The van der Waals surface area contributed by atoms with E-state index in [9.17, 15) is 14.4 Å². The van der Waals surface area contributed by atoms with Gasteiger partial charge in [-0.1, -0.05) is 0 Å². The minimum Gasteiger partial charge on any atom is -0.476 e. The van der Waals surface area contributed by atoms with Gasteiger partial charge in [0.2, 0.25) is 5.91 Å². The van der Waals surface area contributed by atoms with Crippen LogP contribution in [0.1, 0.15) is 15.5 Å². The molecule has 110 valence electrons. The highest BCUT2D eigenvalue weighted by molar-refractivity contribution is 7.09. The summed E-state index contributed by atoms with van der Waals surface area (Å²) in [5.41, 5.74) is 4.81. The smallest absolute Gasteiger partial charge is 0.355 e. The third-order valence-corrected chi connectivity index (χ3v) is 2.80. The number of amides is 3. The van der Waals surface area contributed by atoms with Crippen molar-refractivity contribution >= 4 is 29.2 Å². The molecular weight excluding hydrogens is 288 g/mol. The van der Waals surface area contributed by atoms with Crippen LogP contribution in [0.2, 0.25) is 0 Å². The lowest BCUT2D eigenvalue weighted by Gasteiger charge is -2.06.